The zero-order valence-electron chi connectivity index (χ0n) is 10.5. The van der Waals surface area contributed by atoms with Gasteiger partial charge in [0, 0.05) is 6.61 Å². The molecule has 0 rings (SSSR count). The Bertz CT molecular complexity index is 146. The molecule has 0 fully saturated rings. The van der Waals surface area contributed by atoms with E-state index in [0.29, 0.717) is 6.61 Å². The summed E-state index contributed by atoms with van der Waals surface area (Å²) in [4.78, 5) is 0. The smallest absolute Gasteiger partial charge is 0.0431 e. The lowest BCUT2D eigenvalue weighted by Crippen LogP contribution is -1.83. The van der Waals surface area contributed by atoms with Gasteiger partial charge in [-0.05, 0) is 44.3 Å². The first-order valence-corrected chi connectivity index (χ1v) is 7.41. The molecule has 0 saturated carbocycles. The molecule has 1 N–H and O–H groups in total. The summed E-state index contributed by atoms with van der Waals surface area (Å²) >= 11 is 4.19. The van der Waals surface area contributed by atoms with Crippen LogP contribution in [0.25, 0.3) is 0 Å². The van der Waals surface area contributed by atoms with Crippen LogP contribution in [0.4, 0.5) is 0 Å². The molecular formula is C14H28OS. The molecule has 2 heteroatoms. The lowest BCUT2D eigenvalue weighted by atomic mass is 10.1. The van der Waals surface area contributed by atoms with E-state index in [1.165, 1.54) is 57.8 Å². The van der Waals surface area contributed by atoms with Gasteiger partial charge < -0.3 is 5.11 Å². The number of unbranched alkanes of at least 4 members (excludes halogenated alkanes) is 8. The Morgan fingerprint density at radius 1 is 0.688 bits per heavy atom. The molecule has 0 aromatic rings. The summed E-state index contributed by atoms with van der Waals surface area (Å²) < 4.78 is 0. The molecule has 0 amide bonds. The number of thiol groups is 1. The summed E-state index contributed by atoms with van der Waals surface area (Å²) in [6.45, 7) is 0.353. The molecule has 0 saturated heterocycles. The van der Waals surface area contributed by atoms with Crippen LogP contribution >= 0.6 is 12.6 Å². The fourth-order valence-electron chi connectivity index (χ4n) is 1.69. The van der Waals surface area contributed by atoms with Crippen molar-refractivity contribution < 1.29 is 5.11 Å². The van der Waals surface area contributed by atoms with Crippen molar-refractivity contribution in [1.82, 2.24) is 0 Å². The number of hydrogen-bond donors (Lipinski definition) is 2. The molecule has 0 aliphatic heterocycles. The highest BCUT2D eigenvalue weighted by Crippen LogP contribution is 2.07. The quantitative estimate of drug-likeness (QED) is 0.297. The van der Waals surface area contributed by atoms with Gasteiger partial charge in [0.2, 0.25) is 0 Å². The Kier molecular flexibility index (Phi) is 15.1. The third kappa shape index (κ3) is 14.1. The van der Waals surface area contributed by atoms with Crippen molar-refractivity contribution in [3.8, 4) is 0 Å². The summed E-state index contributed by atoms with van der Waals surface area (Å²) in [7, 11) is 0. The van der Waals surface area contributed by atoms with E-state index in [1.807, 2.05) is 0 Å². The minimum Gasteiger partial charge on any atom is -0.396 e. The standard InChI is InChI=1S/C14H28OS/c15-13-11-9-7-5-3-1-2-4-6-8-10-12-14-16/h2,4,15-16H,1,3,5-14H2/b4-2+. The van der Waals surface area contributed by atoms with Crippen molar-refractivity contribution in [2.45, 2.75) is 64.2 Å². The van der Waals surface area contributed by atoms with Gasteiger partial charge in [0.25, 0.3) is 0 Å². The van der Waals surface area contributed by atoms with Crippen molar-refractivity contribution in [3.05, 3.63) is 12.2 Å². The van der Waals surface area contributed by atoms with E-state index in [4.69, 9.17) is 5.11 Å². The van der Waals surface area contributed by atoms with Gasteiger partial charge in [-0.1, -0.05) is 37.8 Å². The van der Waals surface area contributed by atoms with E-state index in [9.17, 15) is 0 Å². The van der Waals surface area contributed by atoms with E-state index >= 15 is 0 Å². The first kappa shape index (κ1) is 16.1. The molecule has 0 bridgehead atoms. The second-order valence-corrected chi connectivity index (χ2v) is 4.77. The molecule has 0 radical (unpaired) electrons. The Morgan fingerprint density at radius 2 is 1.19 bits per heavy atom. The maximum absolute atomic E-state index is 8.61. The van der Waals surface area contributed by atoms with Crippen LogP contribution in [0.15, 0.2) is 12.2 Å². The molecule has 0 aromatic heterocycles. The van der Waals surface area contributed by atoms with Gasteiger partial charge >= 0.3 is 0 Å². The number of allylic oxidation sites excluding steroid dienone is 2. The normalized spacial score (nSPS) is 11.4. The molecule has 96 valence electrons. The van der Waals surface area contributed by atoms with Crippen LogP contribution in [0, 0.1) is 0 Å². The Balaban J connectivity index is 2.98. The predicted octanol–water partition coefficient (Wildman–Crippen LogP) is 4.37. The van der Waals surface area contributed by atoms with Crippen LogP contribution in [0.2, 0.25) is 0 Å². The van der Waals surface area contributed by atoms with Gasteiger partial charge in [0.05, 0.1) is 0 Å². The van der Waals surface area contributed by atoms with Crippen LogP contribution in [0.1, 0.15) is 64.2 Å². The molecule has 0 heterocycles. The van der Waals surface area contributed by atoms with Gasteiger partial charge in [-0.25, -0.2) is 0 Å². The van der Waals surface area contributed by atoms with E-state index in [0.717, 1.165) is 12.2 Å². The van der Waals surface area contributed by atoms with Crippen molar-refractivity contribution in [3.63, 3.8) is 0 Å². The largest absolute Gasteiger partial charge is 0.396 e. The van der Waals surface area contributed by atoms with Crippen molar-refractivity contribution in [2.24, 2.45) is 0 Å². The van der Waals surface area contributed by atoms with Gasteiger partial charge in [-0.15, -0.1) is 0 Å². The third-order valence-electron chi connectivity index (χ3n) is 2.72. The summed E-state index contributed by atoms with van der Waals surface area (Å²) in [5.41, 5.74) is 0. The van der Waals surface area contributed by atoms with E-state index in [-0.39, 0.29) is 0 Å². The van der Waals surface area contributed by atoms with Crippen LogP contribution in [-0.2, 0) is 0 Å². The van der Waals surface area contributed by atoms with Gasteiger partial charge in [-0.2, -0.15) is 12.6 Å². The number of aliphatic hydroxyl groups excluding tert-OH is 1. The molecule has 0 atom stereocenters. The van der Waals surface area contributed by atoms with Crippen LogP contribution in [0.3, 0.4) is 0 Å². The van der Waals surface area contributed by atoms with Crippen LogP contribution in [0.5, 0.6) is 0 Å². The Morgan fingerprint density at radius 3 is 1.75 bits per heavy atom. The lowest BCUT2D eigenvalue weighted by Gasteiger charge is -1.97. The number of rotatable bonds is 12. The zero-order valence-corrected chi connectivity index (χ0v) is 11.4. The summed E-state index contributed by atoms with van der Waals surface area (Å²) in [5.74, 6) is 1.03. The fourth-order valence-corrected chi connectivity index (χ4v) is 1.91. The highest BCUT2D eigenvalue weighted by molar-refractivity contribution is 7.80. The number of hydrogen-bond acceptors (Lipinski definition) is 2. The fraction of sp³-hybridized carbons (Fsp3) is 0.857. The van der Waals surface area contributed by atoms with Gasteiger partial charge in [0.1, 0.15) is 0 Å². The van der Waals surface area contributed by atoms with Gasteiger partial charge in [-0.3, -0.25) is 0 Å². The van der Waals surface area contributed by atoms with Gasteiger partial charge in [0.15, 0.2) is 0 Å². The second-order valence-electron chi connectivity index (χ2n) is 4.32. The van der Waals surface area contributed by atoms with Crippen molar-refractivity contribution >= 4 is 12.6 Å². The van der Waals surface area contributed by atoms with E-state index < -0.39 is 0 Å². The minimum atomic E-state index is 0.353. The van der Waals surface area contributed by atoms with Crippen LogP contribution in [-0.4, -0.2) is 17.5 Å². The molecule has 1 nitrogen and oxygen atoms in total. The van der Waals surface area contributed by atoms with E-state index in [1.54, 1.807) is 0 Å². The minimum absolute atomic E-state index is 0.353. The molecule has 0 aliphatic carbocycles. The molecule has 0 aliphatic rings. The van der Waals surface area contributed by atoms with Crippen LogP contribution < -0.4 is 0 Å². The Hall–Kier alpha value is 0.0500. The lowest BCUT2D eigenvalue weighted by molar-refractivity contribution is 0.282. The summed E-state index contributed by atoms with van der Waals surface area (Å²) in [6.07, 6.45) is 17.0. The highest BCUT2D eigenvalue weighted by Gasteiger charge is 1.88. The first-order valence-electron chi connectivity index (χ1n) is 6.78. The van der Waals surface area contributed by atoms with E-state index in [2.05, 4.69) is 24.8 Å². The highest BCUT2D eigenvalue weighted by atomic mass is 32.1. The third-order valence-corrected chi connectivity index (χ3v) is 3.04. The topological polar surface area (TPSA) is 20.2 Å². The molecule has 0 unspecified atom stereocenters. The Labute approximate surface area is 107 Å². The summed E-state index contributed by atoms with van der Waals surface area (Å²) in [6, 6.07) is 0. The maximum atomic E-state index is 8.61. The predicted molar refractivity (Wildman–Crippen MR) is 76.2 cm³/mol. The molecule has 0 aromatic carbocycles. The number of aliphatic hydroxyl groups is 1. The average Bonchev–Trinajstić information content (AvgIpc) is 2.31. The average molecular weight is 244 g/mol. The maximum Gasteiger partial charge on any atom is 0.0431 e. The monoisotopic (exact) mass is 244 g/mol. The SMILES string of the molecule is OCCCCCCC/C=C/CCCCCS. The van der Waals surface area contributed by atoms with Crippen molar-refractivity contribution in [1.29, 1.82) is 0 Å². The zero-order chi connectivity index (χ0) is 11.9. The van der Waals surface area contributed by atoms with Crippen molar-refractivity contribution in [2.75, 3.05) is 12.4 Å². The molecular weight excluding hydrogens is 216 g/mol. The second kappa shape index (κ2) is 15.0. The molecule has 0 spiro atoms. The summed E-state index contributed by atoms with van der Waals surface area (Å²) in [5, 5.41) is 8.61. The molecule has 16 heavy (non-hydrogen) atoms. The first-order chi connectivity index (χ1) is 7.91.